The smallest absolute Gasteiger partial charge is 0.478 e. The van der Waals surface area contributed by atoms with Crippen molar-refractivity contribution in [3.8, 4) is 22.3 Å². The average Bonchev–Trinajstić information content (AvgIpc) is 1.58. The van der Waals surface area contributed by atoms with Gasteiger partial charge in [0.25, 0.3) is 11.8 Å². The minimum atomic E-state index is -1.06. The maximum Gasteiger partial charge on any atom is 0.519 e. The van der Waals surface area contributed by atoms with Gasteiger partial charge in [-0.2, -0.15) is 0 Å². The molecule has 2 amide bonds. The molecule has 4 fully saturated rings. The summed E-state index contributed by atoms with van der Waals surface area (Å²) in [6.45, 7) is 21.3. The Morgan fingerprint density at radius 3 is 1.17 bits per heavy atom. The zero-order valence-electron chi connectivity index (χ0n) is 57.0. The fourth-order valence-electron chi connectivity index (χ4n) is 12.4. The molecule has 5 aliphatic rings. The van der Waals surface area contributed by atoms with Crippen molar-refractivity contribution in [1.29, 1.82) is 0 Å². The van der Waals surface area contributed by atoms with Crippen LogP contribution in [0.1, 0.15) is 222 Å². The molecule has 0 radical (unpaired) electrons. The zero-order chi connectivity index (χ0) is 68.3. The second-order valence-corrected chi connectivity index (χ2v) is 26.5. The van der Waals surface area contributed by atoms with Crippen LogP contribution in [-0.2, 0) is 14.2 Å². The van der Waals surface area contributed by atoms with Gasteiger partial charge < -0.3 is 45.8 Å². The first-order chi connectivity index (χ1) is 43.3. The Morgan fingerprint density at radius 2 is 0.859 bits per heavy atom. The summed E-state index contributed by atoms with van der Waals surface area (Å²) >= 11 is 0. The molecule has 0 aromatic heterocycles. The first-order valence-corrected chi connectivity index (χ1v) is 33.0. The number of benzene rings is 4. The molecule has 1 heterocycles. The fourth-order valence-corrected chi connectivity index (χ4v) is 12.4. The average molecular weight is 1290 g/mol. The van der Waals surface area contributed by atoms with E-state index in [9.17, 15) is 37.9 Å². The van der Waals surface area contributed by atoms with Crippen molar-refractivity contribution in [2.24, 2.45) is 64.8 Å². The summed E-state index contributed by atoms with van der Waals surface area (Å²) in [7, 11) is 1.00. The van der Waals surface area contributed by atoms with Crippen LogP contribution in [0.3, 0.4) is 0 Å². The second-order valence-electron chi connectivity index (χ2n) is 26.5. The number of carbonyl (C=O) groups excluding carboxylic acids is 4. The number of hydrogen-bond acceptors (Lipinski definition) is 14. The molecule has 0 spiro atoms. The third kappa shape index (κ3) is 31.2. The maximum absolute atomic E-state index is 13.1. The lowest BCUT2D eigenvalue weighted by molar-refractivity contribution is -0.0294. The van der Waals surface area contributed by atoms with Crippen LogP contribution in [0, 0.1) is 59.0 Å². The van der Waals surface area contributed by atoms with Gasteiger partial charge in [0.05, 0.1) is 16.7 Å². The standard InChI is InChI=1S/C19H12F2O2.C17H21NO2.C10H18O5.C9H19N.C9H18O.C8H16O.CH4O.H4N2.H2O/c20-17-5-1-12(2-6-17)14-9-15(11-16(10-14)19(22)23)13-3-7-18(21)8-4-13;1-2-5-12-8-9-13(10-12)11-18-16(19)14-6-3-4-7-15(14)17(18)20;1-9(2,3)14-7(11)13-8(12)15-10(4,5)6;2*1-2-3-8-4-5-9(6-8)7-10;1-2-7-3-4-8(5-7)6-9;2*1-2;/h1-11H,(H,22,23);3-4,6-7,12-13H,2,5,8-11H2,1H3;1-6H3;8-9H,2-7,10H2,1H3;8-10H,2-7H2,1H3;7-9H,2-6H2,1H3;2H,1H3;1-2H2;1H2/t;12-,13+;;2*8-,9+;7-,8+;;;/m.1.111.../s1. The molecular weight excluding hydrogens is 1180 g/mol. The third-order valence-corrected chi connectivity index (χ3v) is 16.9. The summed E-state index contributed by atoms with van der Waals surface area (Å²) in [5.74, 6) is 12.3. The highest BCUT2D eigenvalue weighted by atomic mass is 19.1. The first kappa shape index (κ1) is 83.8. The number of nitrogens with two attached hydrogens (primary N) is 3. The molecule has 0 unspecified atom stereocenters. The van der Waals surface area contributed by atoms with Crippen molar-refractivity contribution >= 4 is 30.1 Å². The van der Waals surface area contributed by atoms with Gasteiger partial charge in [-0.15, -0.1) is 0 Å². The van der Waals surface area contributed by atoms with Crippen molar-refractivity contribution in [3.63, 3.8) is 0 Å². The lowest BCUT2D eigenvalue weighted by Crippen LogP contribution is -2.34. The summed E-state index contributed by atoms with van der Waals surface area (Å²) < 4.78 is 39.9. The lowest BCUT2D eigenvalue weighted by Gasteiger charge is -2.20. The number of aliphatic hydroxyl groups is 3. The molecular formula is C73H114F2N4O13. The topological polar surface area (TPSA) is 307 Å². The van der Waals surface area contributed by atoms with Crippen LogP contribution in [0.25, 0.3) is 22.3 Å². The van der Waals surface area contributed by atoms with Crippen molar-refractivity contribution < 1.29 is 72.9 Å². The molecule has 17 nitrogen and oxygen atoms in total. The van der Waals surface area contributed by atoms with Gasteiger partial charge in [-0.25, -0.2) is 23.2 Å². The number of aliphatic hydroxyl groups excluding tert-OH is 3. The molecule has 4 aromatic rings. The maximum atomic E-state index is 13.1. The normalized spacial score (nSPS) is 20.8. The van der Waals surface area contributed by atoms with Gasteiger partial charge in [0.2, 0.25) is 0 Å². The Morgan fingerprint density at radius 1 is 0.522 bits per heavy atom. The van der Waals surface area contributed by atoms with Crippen LogP contribution in [0.2, 0.25) is 0 Å². The van der Waals surface area contributed by atoms with Crippen molar-refractivity contribution in [2.75, 3.05) is 33.4 Å². The van der Waals surface area contributed by atoms with Crippen molar-refractivity contribution in [3.05, 3.63) is 119 Å². The highest BCUT2D eigenvalue weighted by Crippen LogP contribution is 2.37. The Kier molecular flexibility index (Phi) is 40.5. The van der Waals surface area contributed by atoms with E-state index < -0.39 is 29.5 Å². The number of fused-ring (bicyclic) bond motifs is 1. The van der Waals surface area contributed by atoms with Crippen LogP contribution in [0.5, 0.6) is 0 Å². The summed E-state index contributed by atoms with van der Waals surface area (Å²) in [5.41, 5.74) is 8.18. The largest absolute Gasteiger partial charge is 0.519 e. The molecule has 1 aliphatic heterocycles. The minimum absolute atomic E-state index is 0. The minimum Gasteiger partial charge on any atom is -0.478 e. The molecule has 12 N–H and O–H groups in total. The molecule has 0 bridgehead atoms. The molecule has 92 heavy (non-hydrogen) atoms. The Labute approximate surface area is 547 Å². The van der Waals surface area contributed by atoms with Crippen molar-refractivity contribution in [1.82, 2.24) is 4.90 Å². The number of imide groups is 1. The number of amides is 2. The van der Waals surface area contributed by atoms with Gasteiger partial charge in [-0.1, -0.05) is 135 Å². The summed E-state index contributed by atoms with van der Waals surface area (Å²) in [6.07, 6.45) is 22.7. The van der Waals surface area contributed by atoms with E-state index in [4.69, 9.17) is 30.5 Å². The van der Waals surface area contributed by atoms with Crippen LogP contribution >= 0.6 is 0 Å². The van der Waals surface area contributed by atoms with Gasteiger partial charge in [0.1, 0.15) is 22.8 Å². The van der Waals surface area contributed by atoms with Gasteiger partial charge in [-0.3, -0.25) is 26.2 Å². The van der Waals surface area contributed by atoms with Gasteiger partial charge in [0, 0.05) is 26.9 Å². The molecule has 8 atom stereocenters. The Hall–Kier alpha value is -6.19. The van der Waals surface area contributed by atoms with Gasteiger partial charge >= 0.3 is 18.3 Å². The monoisotopic (exact) mass is 1290 g/mol. The van der Waals surface area contributed by atoms with Crippen molar-refractivity contribution in [2.45, 2.75) is 202 Å². The van der Waals surface area contributed by atoms with E-state index in [1.54, 1.807) is 84.0 Å². The van der Waals surface area contributed by atoms with E-state index in [0.29, 0.717) is 70.9 Å². The predicted octanol–water partition coefficient (Wildman–Crippen LogP) is 15.1. The number of ether oxygens (including phenoxy) is 3. The molecule has 0 saturated heterocycles. The number of aromatic carboxylic acids is 1. The Balaban J connectivity index is 0.000000563. The predicted molar refractivity (Wildman–Crippen MR) is 361 cm³/mol. The zero-order valence-corrected chi connectivity index (χ0v) is 57.0. The van der Waals surface area contributed by atoms with E-state index >= 15 is 0 Å². The number of nitrogens with zero attached hydrogens (tertiary/aromatic N) is 1. The number of hydrogen-bond donors (Lipinski definition) is 7. The first-order valence-electron chi connectivity index (χ1n) is 33.0. The summed E-state index contributed by atoms with van der Waals surface area (Å²) in [6, 6.07) is 23.6. The number of carbonyl (C=O) groups is 5. The summed E-state index contributed by atoms with van der Waals surface area (Å²) in [5, 5.41) is 33.9. The molecule has 518 valence electrons. The molecule has 4 aliphatic carbocycles. The van der Waals surface area contributed by atoms with Gasteiger partial charge in [0.15, 0.2) is 0 Å². The number of hydrazine groups is 1. The van der Waals surface area contributed by atoms with Crippen LogP contribution in [-0.4, -0.2) is 106 Å². The number of halogens is 2. The molecule has 19 heteroatoms. The summed E-state index contributed by atoms with van der Waals surface area (Å²) in [4.78, 5) is 59.5. The third-order valence-electron chi connectivity index (χ3n) is 16.9. The Bertz CT molecular complexity index is 2580. The highest BCUT2D eigenvalue weighted by Gasteiger charge is 2.38. The highest BCUT2D eigenvalue weighted by molar-refractivity contribution is 6.21. The molecule has 9 rings (SSSR count). The number of carboxylic acid groups (broad SMARTS) is 1. The van der Waals surface area contributed by atoms with E-state index in [2.05, 4.69) is 44.1 Å². The SMILES string of the molecule is CC(C)(C)OC(=O)OC(=O)OC(C)(C)C.CCC[C@@H]1CC[C@H](CN)C1.CCC[C@@H]1CC[C@H](CN2C(=O)c3ccccc3C2=O)C1.CCC[C@@H]1CC[C@H](CO)C1.CC[C@@H]1CC[C@H](CO)C1.CO.NN.O.O=C(O)c1cc(-c2ccc(F)cc2)cc(-c2ccc(F)cc2)c1. The molecule has 4 aromatic carbocycles. The van der Waals surface area contributed by atoms with Gasteiger partial charge in [-0.05, 0) is 224 Å². The van der Waals surface area contributed by atoms with E-state index in [1.807, 2.05) is 12.1 Å². The molecule has 4 saturated carbocycles. The van der Waals surface area contributed by atoms with Crippen LogP contribution in [0.15, 0.2) is 91.0 Å². The fraction of sp³-hybridized carbons (Fsp3) is 0.603. The van der Waals surface area contributed by atoms with E-state index in [1.165, 1.54) is 157 Å². The number of carboxylic acids is 1. The van der Waals surface area contributed by atoms with E-state index in [-0.39, 0.29) is 34.5 Å². The van der Waals surface area contributed by atoms with Crippen LogP contribution < -0.4 is 17.4 Å². The van der Waals surface area contributed by atoms with Crippen LogP contribution in [0.4, 0.5) is 18.4 Å². The van der Waals surface area contributed by atoms with E-state index in [0.717, 1.165) is 49.7 Å². The number of rotatable bonds is 15. The quantitative estimate of drug-likeness (QED) is 0.0191. The lowest BCUT2D eigenvalue weighted by atomic mass is 9.96. The second kappa shape index (κ2) is 44.4.